The predicted octanol–water partition coefficient (Wildman–Crippen LogP) is 3.65. The summed E-state index contributed by atoms with van der Waals surface area (Å²) in [5.41, 5.74) is 2.57. The molecule has 5 nitrogen and oxygen atoms in total. The van der Waals surface area contributed by atoms with E-state index < -0.39 is 0 Å². The lowest BCUT2D eigenvalue weighted by atomic mass is 10.1. The number of ether oxygens (including phenoxy) is 1. The molecule has 0 radical (unpaired) electrons. The van der Waals surface area contributed by atoms with Crippen LogP contribution in [0.3, 0.4) is 0 Å². The zero-order chi connectivity index (χ0) is 16.1. The number of hydrogen-bond acceptors (Lipinski definition) is 5. The first-order valence-electron chi connectivity index (χ1n) is 8.32. The molecule has 1 N–H and O–H groups in total. The number of rotatable bonds is 6. The summed E-state index contributed by atoms with van der Waals surface area (Å²) in [4.78, 5) is 10.8. The standard InChI is InChI=1S/C18H24N4O/c1-3-23-18-12-17(19-13-20-18)21-14(2)15-7-6-8-16(11-15)22-9-4-5-10-22/h6-8,11-14H,3-5,9-10H2,1-2H3,(H,19,20,21). The Morgan fingerprint density at radius 3 is 2.83 bits per heavy atom. The van der Waals surface area contributed by atoms with E-state index in [0.717, 1.165) is 18.9 Å². The van der Waals surface area contributed by atoms with Gasteiger partial charge in [-0.15, -0.1) is 0 Å². The molecule has 1 aliphatic heterocycles. The average Bonchev–Trinajstić information content (AvgIpc) is 3.10. The maximum Gasteiger partial charge on any atom is 0.218 e. The second kappa shape index (κ2) is 7.31. The SMILES string of the molecule is CCOc1cc(NC(C)c2cccc(N3CCCC3)c2)ncn1. The van der Waals surface area contributed by atoms with E-state index in [-0.39, 0.29) is 6.04 Å². The monoisotopic (exact) mass is 312 g/mol. The molecule has 1 atom stereocenters. The van der Waals surface area contributed by atoms with Crippen LogP contribution in [0.5, 0.6) is 5.88 Å². The molecule has 0 spiro atoms. The van der Waals surface area contributed by atoms with E-state index in [9.17, 15) is 0 Å². The Kier molecular flexibility index (Phi) is 4.95. The Bertz CT molecular complexity index is 640. The van der Waals surface area contributed by atoms with Crippen LogP contribution in [-0.2, 0) is 0 Å². The number of anilines is 2. The van der Waals surface area contributed by atoms with Crippen molar-refractivity contribution in [3.8, 4) is 5.88 Å². The van der Waals surface area contributed by atoms with E-state index in [1.165, 1.54) is 30.4 Å². The van der Waals surface area contributed by atoms with Crippen LogP contribution in [0.1, 0.15) is 38.3 Å². The quantitative estimate of drug-likeness (QED) is 0.882. The molecule has 0 amide bonds. The number of nitrogens with zero attached hydrogens (tertiary/aromatic N) is 3. The molecule has 1 fully saturated rings. The van der Waals surface area contributed by atoms with Crippen molar-refractivity contribution in [2.75, 3.05) is 29.9 Å². The summed E-state index contributed by atoms with van der Waals surface area (Å²) in [5.74, 6) is 1.38. The zero-order valence-corrected chi connectivity index (χ0v) is 13.8. The van der Waals surface area contributed by atoms with Gasteiger partial charge in [-0.05, 0) is 44.4 Å². The zero-order valence-electron chi connectivity index (χ0n) is 13.8. The summed E-state index contributed by atoms with van der Waals surface area (Å²) in [6.07, 6.45) is 4.11. The lowest BCUT2D eigenvalue weighted by Crippen LogP contribution is -2.18. The number of hydrogen-bond donors (Lipinski definition) is 1. The topological polar surface area (TPSA) is 50.3 Å². The maximum absolute atomic E-state index is 5.42. The van der Waals surface area contributed by atoms with Gasteiger partial charge in [0.2, 0.25) is 5.88 Å². The first-order chi connectivity index (χ1) is 11.3. The van der Waals surface area contributed by atoms with Crippen molar-refractivity contribution in [2.24, 2.45) is 0 Å². The van der Waals surface area contributed by atoms with Crippen molar-refractivity contribution in [3.05, 3.63) is 42.2 Å². The average molecular weight is 312 g/mol. The van der Waals surface area contributed by atoms with E-state index in [2.05, 4.69) is 51.4 Å². The van der Waals surface area contributed by atoms with Gasteiger partial charge in [-0.25, -0.2) is 9.97 Å². The first kappa shape index (κ1) is 15.6. The minimum atomic E-state index is 0.168. The smallest absolute Gasteiger partial charge is 0.218 e. The van der Waals surface area contributed by atoms with E-state index in [4.69, 9.17) is 4.74 Å². The van der Waals surface area contributed by atoms with Crippen molar-refractivity contribution < 1.29 is 4.74 Å². The van der Waals surface area contributed by atoms with E-state index in [1.807, 2.05) is 13.0 Å². The van der Waals surface area contributed by atoms with Crippen LogP contribution >= 0.6 is 0 Å². The van der Waals surface area contributed by atoms with Gasteiger partial charge in [0, 0.05) is 24.8 Å². The minimum absolute atomic E-state index is 0.168. The molecule has 122 valence electrons. The second-order valence-electron chi connectivity index (χ2n) is 5.83. The van der Waals surface area contributed by atoms with Gasteiger partial charge >= 0.3 is 0 Å². The summed E-state index contributed by atoms with van der Waals surface area (Å²) in [5, 5.41) is 3.43. The van der Waals surface area contributed by atoms with Crippen LogP contribution in [0.4, 0.5) is 11.5 Å². The largest absolute Gasteiger partial charge is 0.478 e. The molecular weight excluding hydrogens is 288 g/mol. The van der Waals surface area contributed by atoms with Crippen LogP contribution < -0.4 is 15.0 Å². The fourth-order valence-corrected chi connectivity index (χ4v) is 2.92. The summed E-state index contributed by atoms with van der Waals surface area (Å²) in [6, 6.07) is 10.8. The van der Waals surface area contributed by atoms with E-state index in [0.29, 0.717) is 12.5 Å². The molecule has 3 rings (SSSR count). The van der Waals surface area contributed by atoms with Crippen LogP contribution in [0.2, 0.25) is 0 Å². The fourth-order valence-electron chi connectivity index (χ4n) is 2.92. The molecule has 0 saturated carbocycles. The lowest BCUT2D eigenvalue weighted by molar-refractivity contribution is 0.326. The molecule has 1 unspecified atom stereocenters. The highest BCUT2D eigenvalue weighted by atomic mass is 16.5. The molecule has 1 saturated heterocycles. The third-order valence-corrected chi connectivity index (χ3v) is 4.14. The molecule has 23 heavy (non-hydrogen) atoms. The van der Waals surface area contributed by atoms with Gasteiger partial charge in [0.05, 0.1) is 12.6 Å². The molecule has 0 bridgehead atoms. The highest BCUT2D eigenvalue weighted by Crippen LogP contribution is 2.26. The summed E-state index contributed by atoms with van der Waals surface area (Å²) >= 11 is 0. The van der Waals surface area contributed by atoms with E-state index >= 15 is 0 Å². The van der Waals surface area contributed by atoms with Gasteiger partial charge in [0.25, 0.3) is 0 Å². The molecule has 1 aromatic heterocycles. The summed E-state index contributed by atoms with van der Waals surface area (Å²) in [7, 11) is 0. The van der Waals surface area contributed by atoms with Gasteiger partial charge in [-0.3, -0.25) is 0 Å². The Morgan fingerprint density at radius 2 is 2.04 bits per heavy atom. The Hall–Kier alpha value is -2.30. The predicted molar refractivity (Wildman–Crippen MR) is 93.1 cm³/mol. The van der Waals surface area contributed by atoms with E-state index in [1.54, 1.807) is 0 Å². The summed E-state index contributed by atoms with van der Waals surface area (Å²) < 4.78 is 5.42. The van der Waals surface area contributed by atoms with Gasteiger partial charge in [0.15, 0.2) is 0 Å². The Labute approximate surface area is 137 Å². The third-order valence-electron chi connectivity index (χ3n) is 4.14. The van der Waals surface area contributed by atoms with Crippen molar-refractivity contribution in [1.82, 2.24) is 9.97 Å². The van der Waals surface area contributed by atoms with Gasteiger partial charge in [-0.2, -0.15) is 0 Å². The number of aromatic nitrogens is 2. The van der Waals surface area contributed by atoms with Crippen molar-refractivity contribution in [1.29, 1.82) is 0 Å². The Balaban J connectivity index is 1.71. The van der Waals surface area contributed by atoms with Crippen molar-refractivity contribution >= 4 is 11.5 Å². The van der Waals surface area contributed by atoms with Crippen LogP contribution in [0.25, 0.3) is 0 Å². The normalized spacial score (nSPS) is 15.5. The second-order valence-corrected chi connectivity index (χ2v) is 5.83. The van der Waals surface area contributed by atoms with Crippen LogP contribution in [0.15, 0.2) is 36.7 Å². The fraction of sp³-hybridized carbons (Fsp3) is 0.444. The molecule has 2 aromatic rings. The van der Waals surface area contributed by atoms with Crippen molar-refractivity contribution in [3.63, 3.8) is 0 Å². The van der Waals surface area contributed by atoms with Crippen LogP contribution in [0, 0.1) is 0 Å². The maximum atomic E-state index is 5.42. The van der Waals surface area contributed by atoms with Crippen molar-refractivity contribution in [2.45, 2.75) is 32.7 Å². The highest BCUT2D eigenvalue weighted by Gasteiger charge is 2.14. The Morgan fingerprint density at radius 1 is 1.22 bits per heavy atom. The minimum Gasteiger partial charge on any atom is -0.478 e. The first-order valence-corrected chi connectivity index (χ1v) is 8.32. The third kappa shape index (κ3) is 3.92. The lowest BCUT2D eigenvalue weighted by Gasteiger charge is -2.21. The molecular formula is C18H24N4O. The molecule has 5 heteroatoms. The molecule has 2 heterocycles. The van der Waals surface area contributed by atoms with Gasteiger partial charge < -0.3 is 15.0 Å². The molecule has 1 aromatic carbocycles. The molecule has 0 aliphatic carbocycles. The van der Waals surface area contributed by atoms with Gasteiger partial charge in [-0.1, -0.05) is 12.1 Å². The van der Waals surface area contributed by atoms with Gasteiger partial charge in [0.1, 0.15) is 12.1 Å². The number of nitrogens with one attached hydrogen (secondary N) is 1. The highest BCUT2D eigenvalue weighted by molar-refractivity contribution is 5.51. The molecule has 1 aliphatic rings. The van der Waals surface area contributed by atoms with Crippen LogP contribution in [-0.4, -0.2) is 29.7 Å². The summed E-state index contributed by atoms with van der Waals surface area (Å²) in [6.45, 7) is 7.01. The number of benzene rings is 1.